The van der Waals surface area contributed by atoms with Gasteiger partial charge >= 0.3 is 0 Å². The first-order valence-corrected chi connectivity index (χ1v) is 16.3. The molecule has 0 aliphatic carbocycles. The molecule has 2 amide bonds. The largest absolute Gasteiger partial charge is 0.496 e. The molecule has 0 saturated heterocycles. The van der Waals surface area contributed by atoms with Crippen molar-refractivity contribution in [1.82, 2.24) is 9.97 Å². The molecule has 4 aromatic carbocycles. The number of carbonyl (C=O) groups is 2. The second-order valence-corrected chi connectivity index (χ2v) is 12.2. The molecular weight excluding hydrogens is 633 g/mol. The maximum atomic E-state index is 12.9. The van der Waals surface area contributed by atoms with Gasteiger partial charge < -0.3 is 14.2 Å². The maximum Gasteiger partial charge on any atom is 0.257 e. The van der Waals surface area contributed by atoms with Crippen molar-refractivity contribution in [2.24, 2.45) is 0 Å². The second-order valence-electron chi connectivity index (χ2n) is 10.5. The third kappa shape index (κ3) is 7.32. The van der Waals surface area contributed by atoms with Crippen LogP contribution in [0.5, 0.6) is 23.0 Å². The average Bonchev–Trinajstić information content (AvgIpc) is 3.75. The molecule has 47 heavy (non-hydrogen) atoms. The molecule has 9 nitrogen and oxygen atoms in total. The maximum absolute atomic E-state index is 12.9. The summed E-state index contributed by atoms with van der Waals surface area (Å²) in [5, 5.41) is 10.5. The van der Waals surface area contributed by atoms with E-state index < -0.39 is 0 Å². The molecule has 0 bridgehead atoms. The third-order valence-corrected chi connectivity index (χ3v) is 8.81. The van der Waals surface area contributed by atoms with Gasteiger partial charge in [0.15, 0.2) is 10.3 Å². The van der Waals surface area contributed by atoms with Crippen molar-refractivity contribution in [2.45, 2.75) is 13.8 Å². The lowest BCUT2D eigenvalue weighted by molar-refractivity contribution is 0.101. The van der Waals surface area contributed by atoms with Gasteiger partial charge in [-0.25, -0.2) is 9.97 Å². The minimum atomic E-state index is -0.273. The normalized spacial score (nSPS) is 10.7. The first-order chi connectivity index (χ1) is 22.8. The third-order valence-electron chi connectivity index (χ3n) is 7.30. The first kappa shape index (κ1) is 31.5. The standard InChI is InChI=1S/C36H30N4O5S2/c1-21-17-25(9-15-31(21)43-3)29-19-46-35(37-29)39-33(41)23-5-11-27(12-6-23)45-28-13-7-24(8-14-28)34(42)40-36-38-30(20-47-36)26-10-16-32(44-4)22(2)18-26/h5-20H,1-4H3,(H,37,39,41)(H,38,40,42). The highest BCUT2D eigenvalue weighted by Crippen LogP contribution is 2.31. The predicted molar refractivity (Wildman–Crippen MR) is 187 cm³/mol. The van der Waals surface area contributed by atoms with E-state index in [2.05, 4.69) is 20.6 Å². The Kier molecular flexibility index (Phi) is 9.28. The molecule has 2 aromatic heterocycles. The Morgan fingerprint density at radius 1 is 0.596 bits per heavy atom. The zero-order valence-electron chi connectivity index (χ0n) is 26.0. The molecule has 0 atom stereocenters. The van der Waals surface area contributed by atoms with Crippen LogP contribution in [0.1, 0.15) is 31.8 Å². The van der Waals surface area contributed by atoms with Crippen molar-refractivity contribution in [1.29, 1.82) is 0 Å². The van der Waals surface area contributed by atoms with Crippen molar-refractivity contribution in [3.63, 3.8) is 0 Å². The zero-order chi connectivity index (χ0) is 32.9. The number of nitrogens with one attached hydrogen (secondary N) is 2. The number of ether oxygens (including phenoxy) is 3. The summed E-state index contributed by atoms with van der Waals surface area (Å²) in [6.45, 7) is 3.95. The zero-order valence-corrected chi connectivity index (χ0v) is 27.6. The molecule has 6 aromatic rings. The minimum Gasteiger partial charge on any atom is -0.496 e. The summed E-state index contributed by atoms with van der Waals surface area (Å²) in [4.78, 5) is 34.9. The Morgan fingerprint density at radius 2 is 1.00 bits per heavy atom. The fourth-order valence-corrected chi connectivity index (χ4v) is 6.26. The van der Waals surface area contributed by atoms with E-state index in [-0.39, 0.29) is 11.8 Å². The summed E-state index contributed by atoms with van der Waals surface area (Å²) in [7, 11) is 3.28. The Hall–Kier alpha value is -5.52. The van der Waals surface area contributed by atoms with Crippen LogP contribution in [0.3, 0.4) is 0 Å². The summed E-state index contributed by atoms with van der Waals surface area (Å²) in [5.74, 6) is 2.18. The quantitative estimate of drug-likeness (QED) is 0.151. The van der Waals surface area contributed by atoms with E-state index in [0.717, 1.165) is 45.1 Å². The van der Waals surface area contributed by atoms with Gasteiger partial charge in [-0.3, -0.25) is 20.2 Å². The number of rotatable bonds is 10. The summed E-state index contributed by atoms with van der Waals surface area (Å²) < 4.78 is 16.6. The second kappa shape index (κ2) is 13.9. The van der Waals surface area contributed by atoms with Gasteiger partial charge in [-0.2, -0.15) is 0 Å². The van der Waals surface area contributed by atoms with Crippen LogP contribution < -0.4 is 24.8 Å². The van der Waals surface area contributed by atoms with Gasteiger partial charge in [-0.15, -0.1) is 22.7 Å². The Morgan fingerprint density at radius 3 is 1.36 bits per heavy atom. The van der Waals surface area contributed by atoms with Crippen LogP contribution in [-0.4, -0.2) is 36.0 Å². The Balaban J connectivity index is 1.02. The number of amides is 2. The van der Waals surface area contributed by atoms with E-state index in [1.165, 1.54) is 22.7 Å². The van der Waals surface area contributed by atoms with Gasteiger partial charge in [0.2, 0.25) is 0 Å². The number of anilines is 2. The molecule has 0 aliphatic rings. The number of aromatic nitrogens is 2. The van der Waals surface area contributed by atoms with E-state index in [1.807, 2.05) is 61.0 Å². The molecule has 0 spiro atoms. The number of methoxy groups -OCH3 is 2. The highest BCUT2D eigenvalue weighted by molar-refractivity contribution is 7.14. The highest BCUT2D eigenvalue weighted by Gasteiger charge is 2.14. The van der Waals surface area contributed by atoms with Crippen LogP contribution in [-0.2, 0) is 0 Å². The van der Waals surface area contributed by atoms with E-state index >= 15 is 0 Å². The molecule has 2 N–H and O–H groups in total. The number of thiazole rings is 2. The van der Waals surface area contributed by atoms with Gasteiger partial charge in [0, 0.05) is 33.0 Å². The smallest absolute Gasteiger partial charge is 0.257 e. The first-order valence-electron chi connectivity index (χ1n) is 14.5. The molecule has 11 heteroatoms. The highest BCUT2D eigenvalue weighted by atomic mass is 32.1. The fourth-order valence-electron chi connectivity index (χ4n) is 4.83. The van der Waals surface area contributed by atoms with E-state index in [1.54, 1.807) is 62.8 Å². The number of carbonyl (C=O) groups excluding carboxylic acids is 2. The lowest BCUT2D eigenvalue weighted by atomic mass is 10.1. The molecule has 0 aliphatic heterocycles. The molecule has 0 fully saturated rings. The number of benzene rings is 4. The van der Waals surface area contributed by atoms with Crippen molar-refractivity contribution >= 4 is 44.8 Å². The Bertz CT molecular complexity index is 1910. The molecule has 0 saturated carbocycles. The van der Waals surface area contributed by atoms with Crippen LogP contribution in [0.25, 0.3) is 22.5 Å². The monoisotopic (exact) mass is 662 g/mol. The average molecular weight is 663 g/mol. The van der Waals surface area contributed by atoms with Crippen molar-refractivity contribution in [2.75, 3.05) is 24.9 Å². The molecule has 0 unspecified atom stereocenters. The summed E-state index contributed by atoms with van der Waals surface area (Å²) in [6, 6.07) is 25.3. The van der Waals surface area contributed by atoms with Gasteiger partial charge in [0.1, 0.15) is 23.0 Å². The van der Waals surface area contributed by atoms with Crippen molar-refractivity contribution in [3.8, 4) is 45.5 Å². The molecule has 236 valence electrons. The van der Waals surface area contributed by atoms with Crippen molar-refractivity contribution in [3.05, 3.63) is 118 Å². The fraction of sp³-hybridized carbons (Fsp3) is 0.111. The van der Waals surface area contributed by atoms with Crippen LogP contribution in [0.2, 0.25) is 0 Å². The molecule has 6 rings (SSSR count). The molecule has 2 heterocycles. The topological polar surface area (TPSA) is 112 Å². The van der Waals surface area contributed by atoms with Crippen LogP contribution in [0.15, 0.2) is 95.7 Å². The number of hydrogen-bond donors (Lipinski definition) is 2. The van der Waals surface area contributed by atoms with Crippen molar-refractivity contribution < 1.29 is 23.8 Å². The summed E-state index contributed by atoms with van der Waals surface area (Å²) >= 11 is 2.72. The van der Waals surface area contributed by atoms with Crippen LogP contribution in [0, 0.1) is 13.8 Å². The van der Waals surface area contributed by atoms with Crippen LogP contribution in [0.4, 0.5) is 10.3 Å². The molecule has 0 radical (unpaired) electrons. The lowest BCUT2D eigenvalue weighted by Crippen LogP contribution is -2.11. The van der Waals surface area contributed by atoms with Gasteiger partial charge in [0.25, 0.3) is 11.8 Å². The number of nitrogens with zero attached hydrogens (tertiary/aromatic N) is 2. The SMILES string of the molecule is COc1ccc(-c2csc(NC(=O)c3ccc(Oc4ccc(C(=O)Nc5nc(-c6ccc(OC)c(C)c6)cs5)cc4)cc3)n2)cc1C. The minimum absolute atomic E-state index is 0.273. The predicted octanol–water partition coefficient (Wildman–Crippen LogP) is 8.86. The molecular formula is C36H30N4O5S2. The van der Waals surface area contributed by atoms with E-state index in [0.29, 0.717) is 32.9 Å². The number of aryl methyl sites for hydroxylation is 2. The summed E-state index contributed by atoms with van der Waals surface area (Å²) in [5.41, 5.74) is 6.40. The lowest BCUT2D eigenvalue weighted by Gasteiger charge is -2.08. The number of hydrogen-bond acceptors (Lipinski definition) is 9. The Labute approximate surface area is 279 Å². The van der Waals surface area contributed by atoms with Gasteiger partial charge in [0.05, 0.1) is 25.6 Å². The van der Waals surface area contributed by atoms with Gasteiger partial charge in [-0.1, -0.05) is 0 Å². The van der Waals surface area contributed by atoms with E-state index in [4.69, 9.17) is 14.2 Å². The van der Waals surface area contributed by atoms with E-state index in [9.17, 15) is 9.59 Å². The van der Waals surface area contributed by atoms with Gasteiger partial charge in [-0.05, 0) is 110 Å². The summed E-state index contributed by atoms with van der Waals surface area (Å²) in [6.07, 6.45) is 0. The van der Waals surface area contributed by atoms with Crippen LogP contribution >= 0.6 is 22.7 Å².